The van der Waals surface area contributed by atoms with E-state index in [-0.39, 0.29) is 0 Å². The zero-order valence-electron chi connectivity index (χ0n) is 11.5. The fraction of sp³-hybridized carbons (Fsp3) is 0.438. The maximum absolute atomic E-state index is 4.60. The lowest BCUT2D eigenvalue weighted by atomic mass is 10.1. The molecule has 0 bridgehead atoms. The number of nitrogens with one attached hydrogen (secondary N) is 1. The lowest BCUT2D eigenvalue weighted by molar-refractivity contribution is 0.769. The van der Waals surface area contributed by atoms with Crippen LogP contribution in [-0.4, -0.2) is 22.5 Å². The Labute approximate surface area is 119 Å². The zero-order valence-corrected chi connectivity index (χ0v) is 12.3. The molecule has 19 heavy (non-hydrogen) atoms. The predicted molar refractivity (Wildman–Crippen MR) is 85.0 cm³/mol. The maximum Gasteiger partial charge on any atom is 0.0725 e. The first-order chi connectivity index (χ1) is 9.28. The Morgan fingerprint density at radius 1 is 1.26 bits per heavy atom. The van der Waals surface area contributed by atoms with Gasteiger partial charge in [-0.25, -0.2) is 0 Å². The van der Waals surface area contributed by atoms with Crippen molar-refractivity contribution in [1.29, 1.82) is 0 Å². The van der Waals surface area contributed by atoms with Crippen molar-refractivity contribution in [2.45, 2.75) is 37.5 Å². The Morgan fingerprint density at radius 2 is 2.11 bits per heavy atom. The fourth-order valence-corrected chi connectivity index (χ4v) is 3.94. The van der Waals surface area contributed by atoms with Crippen molar-refractivity contribution in [3.63, 3.8) is 0 Å². The molecule has 0 radical (unpaired) electrons. The predicted octanol–water partition coefficient (Wildman–Crippen LogP) is 4.24. The second kappa shape index (κ2) is 5.41. The van der Waals surface area contributed by atoms with Gasteiger partial charge in [0, 0.05) is 28.1 Å². The van der Waals surface area contributed by atoms with Crippen LogP contribution in [0.15, 0.2) is 30.3 Å². The zero-order chi connectivity index (χ0) is 13.2. The number of thioether (sulfide) groups is 1. The summed E-state index contributed by atoms with van der Waals surface area (Å²) in [6.07, 6.45) is 6.17. The largest absolute Gasteiger partial charge is 0.381 e. The van der Waals surface area contributed by atoms with Gasteiger partial charge in [0.1, 0.15) is 0 Å². The third-order valence-corrected chi connectivity index (χ3v) is 5.11. The molecule has 1 aromatic carbocycles. The van der Waals surface area contributed by atoms with E-state index in [1.807, 2.05) is 11.8 Å². The van der Waals surface area contributed by atoms with E-state index in [9.17, 15) is 0 Å². The van der Waals surface area contributed by atoms with Gasteiger partial charge >= 0.3 is 0 Å². The van der Waals surface area contributed by atoms with Gasteiger partial charge in [-0.15, -0.1) is 0 Å². The Balaban J connectivity index is 1.96. The number of aromatic nitrogens is 1. The van der Waals surface area contributed by atoms with Crippen LogP contribution in [0.1, 0.15) is 25.0 Å². The third kappa shape index (κ3) is 2.57. The monoisotopic (exact) mass is 272 g/mol. The smallest absolute Gasteiger partial charge is 0.0725 e. The molecule has 0 amide bonds. The van der Waals surface area contributed by atoms with Gasteiger partial charge in [0.15, 0.2) is 0 Å². The number of pyridine rings is 1. The minimum atomic E-state index is 0.597. The van der Waals surface area contributed by atoms with Gasteiger partial charge in [-0.1, -0.05) is 24.6 Å². The summed E-state index contributed by atoms with van der Waals surface area (Å²) in [5.41, 5.74) is 3.41. The fourth-order valence-electron chi connectivity index (χ4n) is 3.00. The molecule has 2 nitrogen and oxygen atoms in total. The van der Waals surface area contributed by atoms with Crippen LogP contribution in [0.4, 0.5) is 5.69 Å². The Bertz CT molecular complexity index is 582. The summed E-state index contributed by atoms with van der Waals surface area (Å²) >= 11 is 1.99. The molecular weight excluding hydrogens is 252 g/mol. The van der Waals surface area contributed by atoms with Crippen LogP contribution in [0.25, 0.3) is 10.9 Å². The number of rotatable bonds is 3. The van der Waals surface area contributed by atoms with E-state index in [0.717, 1.165) is 16.5 Å². The van der Waals surface area contributed by atoms with Gasteiger partial charge in [0.05, 0.1) is 5.52 Å². The number of benzene rings is 1. The van der Waals surface area contributed by atoms with Crippen LogP contribution in [0, 0.1) is 6.92 Å². The molecule has 1 aromatic heterocycles. The minimum absolute atomic E-state index is 0.597. The summed E-state index contributed by atoms with van der Waals surface area (Å²) < 4.78 is 0. The Morgan fingerprint density at radius 3 is 2.95 bits per heavy atom. The Kier molecular flexibility index (Phi) is 3.65. The van der Waals surface area contributed by atoms with Crippen LogP contribution < -0.4 is 5.32 Å². The lowest BCUT2D eigenvalue weighted by Crippen LogP contribution is -2.25. The summed E-state index contributed by atoms with van der Waals surface area (Å²) in [7, 11) is 0. The van der Waals surface area contributed by atoms with Crippen LogP contribution >= 0.6 is 11.8 Å². The molecule has 0 aliphatic heterocycles. The van der Waals surface area contributed by atoms with Crippen LogP contribution in [0.5, 0.6) is 0 Å². The molecule has 1 aliphatic rings. The van der Waals surface area contributed by atoms with Crippen molar-refractivity contribution in [3.8, 4) is 0 Å². The first kappa shape index (κ1) is 12.8. The van der Waals surface area contributed by atoms with Crippen molar-refractivity contribution in [1.82, 2.24) is 4.98 Å². The molecule has 0 saturated heterocycles. The van der Waals surface area contributed by atoms with E-state index in [0.29, 0.717) is 6.04 Å². The van der Waals surface area contributed by atoms with Gasteiger partial charge < -0.3 is 5.32 Å². The van der Waals surface area contributed by atoms with E-state index in [1.165, 1.54) is 30.3 Å². The van der Waals surface area contributed by atoms with E-state index in [4.69, 9.17) is 0 Å². The molecule has 100 valence electrons. The van der Waals surface area contributed by atoms with Crippen LogP contribution in [0.3, 0.4) is 0 Å². The van der Waals surface area contributed by atoms with Gasteiger partial charge in [0.25, 0.3) is 0 Å². The molecular formula is C16H20N2S. The molecule has 2 aromatic rings. The maximum atomic E-state index is 4.60. The van der Waals surface area contributed by atoms with E-state index < -0.39 is 0 Å². The molecule has 2 unspecified atom stereocenters. The minimum Gasteiger partial charge on any atom is -0.381 e. The summed E-state index contributed by atoms with van der Waals surface area (Å²) in [4.78, 5) is 4.60. The average Bonchev–Trinajstić information content (AvgIpc) is 2.86. The second-order valence-corrected chi connectivity index (χ2v) is 6.36. The summed E-state index contributed by atoms with van der Waals surface area (Å²) in [6.45, 7) is 2.07. The van der Waals surface area contributed by atoms with Crippen molar-refractivity contribution >= 4 is 28.4 Å². The highest BCUT2D eigenvalue weighted by Crippen LogP contribution is 2.32. The number of hydrogen-bond acceptors (Lipinski definition) is 3. The average molecular weight is 272 g/mol. The molecule has 3 rings (SSSR count). The first-order valence-electron chi connectivity index (χ1n) is 6.93. The van der Waals surface area contributed by atoms with Crippen molar-refractivity contribution < 1.29 is 0 Å². The number of aryl methyl sites for hydroxylation is 1. The molecule has 1 aliphatic carbocycles. The topological polar surface area (TPSA) is 24.9 Å². The normalized spacial score (nSPS) is 22.8. The van der Waals surface area contributed by atoms with Crippen molar-refractivity contribution in [3.05, 3.63) is 36.0 Å². The number of para-hydroxylation sites is 1. The van der Waals surface area contributed by atoms with Crippen LogP contribution in [0.2, 0.25) is 0 Å². The molecule has 1 saturated carbocycles. The summed E-state index contributed by atoms with van der Waals surface area (Å²) in [6, 6.07) is 11.2. The Hall–Kier alpha value is -1.22. The standard InChI is InChI=1S/C16H20N2S/c1-11-10-15(12-6-3-4-7-13(12)17-11)18-14-8-5-9-16(14)19-2/h3-4,6-7,10,14,16H,5,8-9H2,1-2H3,(H,17,18). The van der Waals surface area contributed by atoms with Crippen LogP contribution in [-0.2, 0) is 0 Å². The molecule has 3 heteroatoms. The number of anilines is 1. The van der Waals surface area contributed by atoms with E-state index in [1.54, 1.807) is 0 Å². The molecule has 1 fully saturated rings. The number of nitrogens with zero attached hydrogens (tertiary/aromatic N) is 1. The number of fused-ring (bicyclic) bond motifs is 1. The van der Waals surface area contributed by atoms with Gasteiger partial charge in [-0.2, -0.15) is 11.8 Å². The highest BCUT2D eigenvalue weighted by atomic mass is 32.2. The quantitative estimate of drug-likeness (QED) is 0.904. The molecule has 0 spiro atoms. The third-order valence-electron chi connectivity index (χ3n) is 3.94. The highest BCUT2D eigenvalue weighted by Gasteiger charge is 2.26. The second-order valence-electron chi connectivity index (χ2n) is 5.28. The molecule has 1 N–H and O–H groups in total. The van der Waals surface area contributed by atoms with E-state index >= 15 is 0 Å². The molecule has 2 atom stereocenters. The highest BCUT2D eigenvalue weighted by molar-refractivity contribution is 7.99. The van der Waals surface area contributed by atoms with E-state index in [2.05, 4.69) is 53.8 Å². The van der Waals surface area contributed by atoms with Gasteiger partial charge in [0.2, 0.25) is 0 Å². The first-order valence-corrected chi connectivity index (χ1v) is 8.22. The summed E-state index contributed by atoms with van der Waals surface area (Å²) in [5, 5.41) is 5.74. The SMILES string of the molecule is CSC1CCCC1Nc1cc(C)nc2ccccc12. The number of hydrogen-bond donors (Lipinski definition) is 1. The molecule has 1 heterocycles. The lowest BCUT2D eigenvalue weighted by Gasteiger charge is -2.21. The summed E-state index contributed by atoms with van der Waals surface area (Å²) in [5.74, 6) is 0. The van der Waals surface area contributed by atoms with Crippen molar-refractivity contribution in [2.75, 3.05) is 11.6 Å². The van der Waals surface area contributed by atoms with Gasteiger partial charge in [-0.3, -0.25) is 4.98 Å². The van der Waals surface area contributed by atoms with Crippen molar-refractivity contribution in [2.24, 2.45) is 0 Å². The van der Waals surface area contributed by atoms with Gasteiger partial charge in [-0.05, 0) is 38.2 Å².